The van der Waals surface area contributed by atoms with E-state index < -0.39 is 55.1 Å². The molecule has 3 fully saturated rings. The first-order valence-corrected chi connectivity index (χ1v) is 17.9. The fourth-order valence-electron chi connectivity index (χ4n) is 6.50. The van der Waals surface area contributed by atoms with Crippen molar-refractivity contribution in [2.75, 3.05) is 13.2 Å². The summed E-state index contributed by atoms with van der Waals surface area (Å²) < 4.78 is 65.1. The van der Waals surface area contributed by atoms with Crippen LogP contribution in [-0.4, -0.2) is 71.0 Å². The Bertz CT molecular complexity index is 1480. The van der Waals surface area contributed by atoms with Crippen molar-refractivity contribution in [3.05, 3.63) is 108 Å². The zero-order chi connectivity index (χ0) is 34.0. The van der Waals surface area contributed by atoms with E-state index in [4.69, 9.17) is 37.5 Å². The highest BCUT2D eigenvalue weighted by Gasteiger charge is 2.68. The molecule has 3 aliphatic heterocycles. The van der Waals surface area contributed by atoms with Gasteiger partial charge in [-0.3, -0.25) is 4.57 Å². The minimum absolute atomic E-state index is 0.0276. The smallest absolute Gasteiger partial charge is 0.353 e. The molecule has 260 valence electrons. The Morgan fingerprint density at radius 3 is 1.79 bits per heavy atom. The predicted molar refractivity (Wildman–Crippen MR) is 176 cm³/mol. The van der Waals surface area contributed by atoms with Gasteiger partial charge in [0.25, 0.3) is 0 Å². The average molecular weight is 684 g/mol. The van der Waals surface area contributed by atoms with Gasteiger partial charge in [0, 0.05) is 0 Å². The standard InChI is InChI=1S/C36H46NO10P/c1-34(2)41-24-29(45-34)31-36(5)32(46-35(3,4)47-36)33(44-31)37(38)30(25-40-21-26-15-9-6-10-16-26)48(39,42-22-27-17-11-7-12-18-27)43-23-28-19-13-8-14-20-28/h6-20,29-33,38H,21-25H2,1-5H3/t29-,30+,31-,32-,33+,36+/m1/s1. The number of hydroxylamine groups is 2. The van der Waals surface area contributed by atoms with Gasteiger partial charge in [0.1, 0.15) is 23.9 Å². The SMILES string of the molecule is CC1(C)OC[C@H]([C@H]2O[C@H](N(O)[C@H](COCc3ccccc3)P(=O)(OCc3ccccc3)OCc3ccccc3)[C@H]3OC(C)(C)O[C@@]23C)O1. The molecular weight excluding hydrogens is 637 g/mol. The van der Waals surface area contributed by atoms with Crippen LogP contribution < -0.4 is 0 Å². The first-order valence-electron chi connectivity index (χ1n) is 16.3. The highest BCUT2D eigenvalue weighted by atomic mass is 31.2. The van der Waals surface area contributed by atoms with Crippen molar-refractivity contribution in [3.63, 3.8) is 0 Å². The van der Waals surface area contributed by atoms with Gasteiger partial charge in [0.15, 0.2) is 23.6 Å². The maximum Gasteiger partial charge on any atom is 0.353 e. The first-order chi connectivity index (χ1) is 22.9. The zero-order valence-electron chi connectivity index (χ0n) is 28.1. The maximum absolute atomic E-state index is 15.1. The molecule has 0 saturated carbocycles. The van der Waals surface area contributed by atoms with Crippen LogP contribution in [0, 0.1) is 0 Å². The van der Waals surface area contributed by atoms with E-state index in [1.807, 2.05) is 112 Å². The van der Waals surface area contributed by atoms with Crippen LogP contribution in [0.25, 0.3) is 0 Å². The number of nitrogens with zero attached hydrogens (tertiary/aromatic N) is 1. The summed E-state index contributed by atoms with van der Waals surface area (Å²) in [5.41, 5.74) is 1.42. The molecule has 1 N–H and O–H groups in total. The summed E-state index contributed by atoms with van der Waals surface area (Å²) in [7, 11) is -4.23. The molecule has 12 heteroatoms. The molecule has 11 nitrogen and oxygen atoms in total. The third-order valence-electron chi connectivity index (χ3n) is 8.74. The normalized spacial score (nSPS) is 28.5. The molecule has 0 spiro atoms. The summed E-state index contributed by atoms with van der Waals surface area (Å²) in [6.45, 7) is 9.32. The lowest BCUT2D eigenvalue weighted by molar-refractivity contribution is -0.283. The third kappa shape index (κ3) is 7.93. The van der Waals surface area contributed by atoms with Gasteiger partial charge < -0.3 is 42.7 Å². The van der Waals surface area contributed by atoms with Crippen LogP contribution in [0.15, 0.2) is 91.0 Å². The number of benzene rings is 3. The van der Waals surface area contributed by atoms with E-state index in [1.54, 1.807) is 13.8 Å². The van der Waals surface area contributed by atoms with Crippen LogP contribution in [0.4, 0.5) is 0 Å². The van der Waals surface area contributed by atoms with E-state index in [0.29, 0.717) is 0 Å². The van der Waals surface area contributed by atoms with Crippen LogP contribution in [0.3, 0.4) is 0 Å². The van der Waals surface area contributed by atoms with Gasteiger partial charge in [0.2, 0.25) is 0 Å². The minimum Gasteiger partial charge on any atom is -0.374 e. The van der Waals surface area contributed by atoms with Crippen molar-refractivity contribution in [1.82, 2.24) is 5.06 Å². The van der Waals surface area contributed by atoms with E-state index in [2.05, 4.69) is 0 Å². The lowest BCUT2D eigenvalue weighted by Gasteiger charge is -2.36. The second kappa shape index (κ2) is 14.4. The summed E-state index contributed by atoms with van der Waals surface area (Å²) in [5, 5.41) is 13.1. The lowest BCUT2D eigenvalue weighted by atomic mass is 9.91. The summed E-state index contributed by atoms with van der Waals surface area (Å²) in [5.74, 6) is -3.16. The van der Waals surface area contributed by atoms with Crippen LogP contribution in [0.5, 0.6) is 0 Å². The van der Waals surface area contributed by atoms with Crippen molar-refractivity contribution in [2.24, 2.45) is 0 Å². The molecule has 0 radical (unpaired) electrons. The molecule has 0 aromatic heterocycles. The summed E-state index contributed by atoms with van der Waals surface area (Å²) in [4.78, 5) is 0. The molecule has 6 rings (SSSR count). The van der Waals surface area contributed by atoms with Gasteiger partial charge in [-0.2, -0.15) is 0 Å². The van der Waals surface area contributed by atoms with Crippen molar-refractivity contribution in [2.45, 2.75) is 102 Å². The number of ether oxygens (including phenoxy) is 6. The summed E-state index contributed by atoms with van der Waals surface area (Å²) in [6.07, 6.45) is -3.20. The van der Waals surface area contributed by atoms with Crippen LogP contribution >= 0.6 is 7.60 Å². The molecule has 0 amide bonds. The van der Waals surface area contributed by atoms with Gasteiger partial charge in [-0.15, -0.1) is 5.06 Å². The fourth-order valence-corrected chi connectivity index (χ4v) is 8.29. The number of fused-ring (bicyclic) bond motifs is 1. The summed E-state index contributed by atoms with van der Waals surface area (Å²) >= 11 is 0. The predicted octanol–water partition coefficient (Wildman–Crippen LogP) is 6.63. The van der Waals surface area contributed by atoms with E-state index in [-0.39, 0.29) is 33.0 Å². The molecule has 6 atom stereocenters. The molecule has 48 heavy (non-hydrogen) atoms. The Kier molecular flexibility index (Phi) is 10.6. The van der Waals surface area contributed by atoms with Gasteiger partial charge >= 0.3 is 7.60 Å². The number of hydrogen-bond donors (Lipinski definition) is 1. The van der Waals surface area contributed by atoms with Crippen molar-refractivity contribution in [1.29, 1.82) is 0 Å². The minimum atomic E-state index is -4.23. The van der Waals surface area contributed by atoms with Crippen molar-refractivity contribution >= 4 is 7.60 Å². The maximum atomic E-state index is 15.1. The molecule has 3 aliphatic rings. The molecule has 3 aromatic carbocycles. The number of hydrogen-bond acceptors (Lipinski definition) is 11. The first kappa shape index (κ1) is 35.3. The molecular formula is C36H46NO10P. The Labute approximate surface area is 282 Å². The lowest BCUT2D eigenvalue weighted by Crippen LogP contribution is -2.52. The third-order valence-corrected chi connectivity index (χ3v) is 10.8. The summed E-state index contributed by atoms with van der Waals surface area (Å²) in [6, 6.07) is 28.3. The monoisotopic (exact) mass is 683 g/mol. The highest BCUT2D eigenvalue weighted by molar-refractivity contribution is 7.54. The van der Waals surface area contributed by atoms with Gasteiger partial charge in [-0.1, -0.05) is 91.0 Å². The Balaban J connectivity index is 1.33. The molecule has 0 bridgehead atoms. The van der Waals surface area contributed by atoms with Gasteiger partial charge in [-0.25, -0.2) is 0 Å². The molecule has 0 unspecified atom stereocenters. The second-order valence-corrected chi connectivity index (χ2v) is 15.6. The Morgan fingerprint density at radius 2 is 1.29 bits per heavy atom. The van der Waals surface area contributed by atoms with E-state index in [9.17, 15) is 5.21 Å². The van der Waals surface area contributed by atoms with Crippen molar-refractivity contribution < 1.29 is 47.2 Å². The van der Waals surface area contributed by atoms with Crippen LogP contribution in [0.2, 0.25) is 0 Å². The van der Waals surface area contributed by atoms with Gasteiger partial charge in [0.05, 0.1) is 33.0 Å². The molecule has 3 heterocycles. The van der Waals surface area contributed by atoms with Crippen LogP contribution in [-0.2, 0) is 61.9 Å². The van der Waals surface area contributed by atoms with E-state index in [1.165, 1.54) is 0 Å². The second-order valence-electron chi connectivity index (χ2n) is 13.5. The molecule has 3 aromatic rings. The largest absolute Gasteiger partial charge is 0.374 e. The van der Waals surface area contributed by atoms with Gasteiger partial charge in [-0.05, 0) is 51.3 Å². The molecule has 3 saturated heterocycles. The van der Waals surface area contributed by atoms with E-state index in [0.717, 1.165) is 21.8 Å². The molecule has 0 aliphatic carbocycles. The quantitative estimate of drug-likeness (QED) is 0.146. The topological polar surface area (TPSA) is 114 Å². The van der Waals surface area contributed by atoms with E-state index >= 15 is 4.57 Å². The van der Waals surface area contributed by atoms with Crippen LogP contribution in [0.1, 0.15) is 51.3 Å². The Morgan fingerprint density at radius 1 is 0.771 bits per heavy atom. The highest BCUT2D eigenvalue weighted by Crippen LogP contribution is 2.58. The Hall–Kier alpha value is -2.51. The zero-order valence-corrected chi connectivity index (χ0v) is 29.0. The average Bonchev–Trinajstić information content (AvgIpc) is 3.65. The number of rotatable bonds is 14. The van der Waals surface area contributed by atoms with Crippen molar-refractivity contribution in [3.8, 4) is 0 Å². The fraction of sp³-hybridized carbons (Fsp3) is 0.500.